The summed E-state index contributed by atoms with van der Waals surface area (Å²) in [6.45, 7) is 6.66. The fraction of sp³-hybridized carbons (Fsp3) is 0.318. The molecule has 0 spiro atoms. The van der Waals surface area contributed by atoms with E-state index in [0.717, 1.165) is 28.3 Å². The lowest BCUT2D eigenvalue weighted by Crippen LogP contribution is -2.00. The van der Waals surface area contributed by atoms with Crippen LogP contribution in [0.5, 0.6) is 5.88 Å². The van der Waals surface area contributed by atoms with E-state index in [1.807, 2.05) is 30.3 Å². The van der Waals surface area contributed by atoms with Crippen LogP contribution in [0.1, 0.15) is 49.2 Å². The molecule has 0 saturated heterocycles. The number of thiazole rings is 1. The first kappa shape index (κ1) is 17.7. The monoisotopic (exact) mass is 351 g/mol. The Balaban J connectivity index is 1.89. The Morgan fingerprint density at radius 2 is 1.68 bits per heavy atom. The van der Waals surface area contributed by atoms with Gasteiger partial charge in [0.15, 0.2) is 0 Å². The van der Waals surface area contributed by atoms with Gasteiger partial charge in [-0.3, -0.25) is 0 Å². The fourth-order valence-corrected chi connectivity index (χ4v) is 4.34. The summed E-state index contributed by atoms with van der Waals surface area (Å²) in [5.74, 6) is 1.03. The summed E-state index contributed by atoms with van der Waals surface area (Å²) in [4.78, 5) is 5.33. The number of nitrogens with zero attached hydrogens (tertiary/aromatic N) is 1. The molecule has 0 bridgehead atoms. The van der Waals surface area contributed by atoms with Crippen molar-refractivity contribution in [3.63, 3.8) is 0 Å². The molecule has 1 unspecified atom stereocenters. The largest absolute Gasteiger partial charge is 0.492 e. The van der Waals surface area contributed by atoms with Gasteiger partial charge >= 0.3 is 0 Å². The molecule has 0 aliphatic carbocycles. The quantitative estimate of drug-likeness (QED) is 0.569. The summed E-state index contributed by atoms with van der Waals surface area (Å²) < 4.78 is 0. The normalized spacial score (nSPS) is 12.5. The predicted molar refractivity (Wildman–Crippen MR) is 106 cm³/mol. The minimum absolute atomic E-state index is 0.140. The van der Waals surface area contributed by atoms with E-state index in [-0.39, 0.29) is 11.8 Å². The van der Waals surface area contributed by atoms with Crippen LogP contribution < -0.4 is 0 Å². The predicted octanol–water partition coefficient (Wildman–Crippen LogP) is 6.26. The summed E-state index contributed by atoms with van der Waals surface area (Å²) >= 11 is 1.59. The zero-order valence-corrected chi connectivity index (χ0v) is 15.9. The third kappa shape index (κ3) is 4.10. The van der Waals surface area contributed by atoms with Crippen LogP contribution in [0.2, 0.25) is 0 Å². The molecule has 130 valence electrons. The molecule has 1 aromatic heterocycles. The molecule has 0 radical (unpaired) electrons. The Morgan fingerprint density at radius 3 is 2.28 bits per heavy atom. The maximum absolute atomic E-state index is 10.3. The minimum Gasteiger partial charge on any atom is -0.492 e. The highest BCUT2D eigenvalue weighted by Crippen LogP contribution is 2.40. The van der Waals surface area contributed by atoms with Gasteiger partial charge in [-0.15, -0.1) is 11.3 Å². The van der Waals surface area contributed by atoms with Gasteiger partial charge in [0, 0.05) is 5.92 Å². The lowest BCUT2D eigenvalue weighted by atomic mass is 9.94. The van der Waals surface area contributed by atoms with E-state index in [1.165, 1.54) is 11.1 Å². The van der Waals surface area contributed by atoms with E-state index < -0.39 is 0 Å². The number of rotatable bonds is 6. The Morgan fingerprint density at radius 1 is 1.00 bits per heavy atom. The summed E-state index contributed by atoms with van der Waals surface area (Å²) in [5, 5.41) is 11.3. The first-order valence-corrected chi connectivity index (χ1v) is 9.74. The maximum atomic E-state index is 10.3. The zero-order chi connectivity index (χ0) is 17.8. The molecule has 1 N–H and O–H groups in total. The van der Waals surface area contributed by atoms with Crippen LogP contribution in [-0.2, 0) is 6.42 Å². The van der Waals surface area contributed by atoms with Crippen molar-refractivity contribution in [3.05, 3.63) is 70.7 Å². The molecule has 1 heterocycles. The maximum Gasteiger partial charge on any atom is 0.230 e. The molecule has 2 aromatic carbocycles. The number of hydrogen-bond donors (Lipinski definition) is 1. The van der Waals surface area contributed by atoms with Gasteiger partial charge in [-0.05, 0) is 35.4 Å². The first-order chi connectivity index (χ1) is 12.1. The van der Waals surface area contributed by atoms with Gasteiger partial charge in [-0.25, -0.2) is 4.98 Å². The van der Waals surface area contributed by atoms with Crippen molar-refractivity contribution in [1.29, 1.82) is 0 Å². The number of aromatic nitrogens is 1. The van der Waals surface area contributed by atoms with Gasteiger partial charge in [0.2, 0.25) is 5.88 Å². The molecule has 0 aliphatic rings. The molecule has 3 heteroatoms. The van der Waals surface area contributed by atoms with Crippen LogP contribution in [0.25, 0.3) is 10.4 Å². The van der Waals surface area contributed by atoms with Gasteiger partial charge in [0.1, 0.15) is 5.01 Å². The second-order valence-electron chi connectivity index (χ2n) is 6.87. The molecule has 0 saturated carbocycles. The van der Waals surface area contributed by atoms with Crippen molar-refractivity contribution in [2.45, 2.75) is 39.5 Å². The van der Waals surface area contributed by atoms with Crippen LogP contribution in [0.3, 0.4) is 0 Å². The highest BCUT2D eigenvalue weighted by molar-refractivity contribution is 7.15. The van der Waals surface area contributed by atoms with Crippen molar-refractivity contribution < 1.29 is 5.11 Å². The minimum atomic E-state index is 0.140. The van der Waals surface area contributed by atoms with Crippen molar-refractivity contribution >= 4 is 11.3 Å². The molecule has 0 fully saturated rings. The molecule has 3 rings (SSSR count). The lowest BCUT2D eigenvalue weighted by molar-refractivity contribution is 0.456. The molecule has 2 nitrogen and oxygen atoms in total. The van der Waals surface area contributed by atoms with Gasteiger partial charge in [0.25, 0.3) is 0 Å². The van der Waals surface area contributed by atoms with Crippen molar-refractivity contribution in [3.8, 4) is 16.3 Å². The van der Waals surface area contributed by atoms with E-state index in [2.05, 4.69) is 50.0 Å². The van der Waals surface area contributed by atoms with Gasteiger partial charge in [0.05, 0.1) is 4.88 Å². The van der Waals surface area contributed by atoms with E-state index in [4.69, 9.17) is 0 Å². The molecule has 25 heavy (non-hydrogen) atoms. The average Bonchev–Trinajstić information content (AvgIpc) is 2.99. The Labute approximate surface area is 154 Å². The van der Waals surface area contributed by atoms with Gasteiger partial charge < -0.3 is 5.11 Å². The van der Waals surface area contributed by atoms with Crippen molar-refractivity contribution in [2.24, 2.45) is 5.92 Å². The van der Waals surface area contributed by atoms with Crippen LogP contribution in [0.4, 0.5) is 0 Å². The van der Waals surface area contributed by atoms with Crippen molar-refractivity contribution in [2.75, 3.05) is 0 Å². The summed E-state index contributed by atoms with van der Waals surface area (Å²) in [6, 6.07) is 18.9. The van der Waals surface area contributed by atoms with Gasteiger partial charge in [-0.1, -0.05) is 75.4 Å². The second-order valence-corrected chi connectivity index (χ2v) is 7.90. The van der Waals surface area contributed by atoms with Crippen LogP contribution in [0, 0.1) is 5.92 Å². The standard InChI is InChI=1S/C22H25NOS/c1-4-19(17-12-10-16(11-13-17)14-15(2)3)22-23-21(24)20(25-22)18-8-6-5-7-9-18/h5-13,15,19,24H,4,14H2,1-3H3. The molecule has 0 aliphatic heterocycles. The highest BCUT2D eigenvalue weighted by atomic mass is 32.1. The summed E-state index contributed by atoms with van der Waals surface area (Å²) in [7, 11) is 0. The average molecular weight is 352 g/mol. The third-order valence-corrected chi connectivity index (χ3v) is 5.60. The van der Waals surface area contributed by atoms with Crippen LogP contribution >= 0.6 is 11.3 Å². The molecule has 1 atom stereocenters. The van der Waals surface area contributed by atoms with Crippen LogP contribution in [-0.4, -0.2) is 10.1 Å². The van der Waals surface area contributed by atoms with Crippen LogP contribution in [0.15, 0.2) is 54.6 Å². The summed E-state index contributed by atoms with van der Waals surface area (Å²) in [6.07, 6.45) is 2.07. The SMILES string of the molecule is CCC(c1ccc(CC(C)C)cc1)c1nc(O)c(-c2ccccc2)s1. The molecule has 3 aromatic rings. The Bertz CT molecular complexity index is 806. The smallest absolute Gasteiger partial charge is 0.230 e. The molecule has 0 amide bonds. The lowest BCUT2D eigenvalue weighted by Gasteiger charge is -2.13. The second kappa shape index (κ2) is 7.83. The fourth-order valence-electron chi connectivity index (χ4n) is 3.17. The zero-order valence-electron chi connectivity index (χ0n) is 15.1. The number of benzene rings is 2. The first-order valence-electron chi connectivity index (χ1n) is 8.92. The van der Waals surface area contributed by atoms with E-state index in [0.29, 0.717) is 5.92 Å². The van der Waals surface area contributed by atoms with E-state index >= 15 is 0 Å². The summed E-state index contributed by atoms with van der Waals surface area (Å²) in [5.41, 5.74) is 3.66. The topological polar surface area (TPSA) is 33.1 Å². The number of hydrogen-bond acceptors (Lipinski definition) is 3. The Kier molecular flexibility index (Phi) is 5.54. The van der Waals surface area contributed by atoms with Gasteiger partial charge in [-0.2, -0.15) is 0 Å². The Hall–Kier alpha value is -2.13. The van der Waals surface area contributed by atoms with E-state index in [1.54, 1.807) is 11.3 Å². The third-order valence-electron chi connectivity index (χ3n) is 4.39. The molecular weight excluding hydrogens is 326 g/mol. The van der Waals surface area contributed by atoms with Crippen molar-refractivity contribution in [1.82, 2.24) is 4.98 Å². The van der Waals surface area contributed by atoms with E-state index in [9.17, 15) is 5.11 Å². The molecular formula is C22H25NOS. The number of aromatic hydroxyl groups is 1. The highest BCUT2D eigenvalue weighted by Gasteiger charge is 2.20.